The molecule has 6 nitrogen and oxygen atoms in total. The van der Waals surface area contributed by atoms with Crippen LogP contribution >= 0.6 is 0 Å². The second-order valence-corrected chi connectivity index (χ2v) is 3.89. The highest BCUT2D eigenvalue weighted by atomic mass is 16.1. The molecule has 0 aliphatic heterocycles. The fourth-order valence-corrected chi connectivity index (χ4v) is 1.25. The number of aromatic nitrogens is 4. The Hall–Kier alpha value is -2.24. The van der Waals surface area contributed by atoms with Gasteiger partial charge in [-0.15, -0.1) is 5.10 Å². The fraction of sp³-hybridized carbons (Fsp3) is 0.273. The van der Waals surface area contributed by atoms with Crippen LogP contribution in [0.15, 0.2) is 30.7 Å². The smallest absolute Gasteiger partial charge is 0.228 e. The van der Waals surface area contributed by atoms with Crippen LogP contribution in [0.2, 0.25) is 0 Å². The number of hydrogen-bond acceptors (Lipinski definition) is 4. The zero-order valence-electron chi connectivity index (χ0n) is 9.66. The molecule has 0 spiro atoms. The molecule has 1 amide bonds. The van der Waals surface area contributed by atoms with Crippen molar-refractivity contribution in [2.75, 3.05) is 5.32 Å². The van der Waals surface area contributed by atoms with Gasteiger partial charge in [0.05, 0.1) is 18.1 Å². The zero-order chi connectivity index (χ0) is 12.3. The lowest BCUT2D eigenvalue weighted by Gasteiger charge is -2.07. The van der Waals surface area contributed by atoms with Crippen molar-refractivity contribution in [1.29, 1.82) is 0 Å². The van der Waals surface area contributed by atoms with Crippen LogP contribution in [0.1, 0.15) is 13.8 Å². The van der Waals surface area contributed by atoms with Gasteiger partial charge in [-0.3, -0.25) is 4.79 Å². The summed E-state index contributed by atoms with van der Waals surface area (Å²) in [6.45, 7) is 3.66. The predicted octanol–water partition coefficient (Wildman–Crippen LogP) is 1.26. The van der Waals surface area contributed by atoms with Gasteiger partial charge >= 0.3 is 0 Å². The van der Waals surface area contributed by atoms with Crippen molar-refractivity contribution in [1.82, 2.24) is 20.0 Å². The lowest BCUT2D eigenvalue weighted by atomic mass is 10.2. The second kappa shape index (κ2) is 4.73. The summed E-state index contributed by atoms with van der Waals surface area (Å²) in [5, 5.41) is 10.3. The van der Waals surface area contributed by atoms with Gasteiger partial charge in [-0.1, -0.05) is 19.1 Å². The van der Waals surface area contributed by atoms with E-state index in [1.165, 1.54) is 0 Å². The second-order valence-electron chi connectivity index (χ2n) is 3.89. The summed E-state index contributed by atoms with van der Waals surface area (Å²) in [5.41, 5.74) is 0.802. The van der Waals surface area contributed by atoms with Crippen molar-refractivity contribution in [2.45, 2.75) is 13.8 Å². The third-order valence-corrected chi connectivity index (χ3v) is 2.21. The summed E-state index contributed by atoms with van der Waals surface area (Å²) in [6.07, 6.45) is 4.93. The van der Waals surface area contributed by atoms with Crippen LogP contribution in [0.4, 0.5) is 5.82 Å². The van der Waals surface area contributed by atoms with Crippen LogP contribution < -0.4 is 5.32 Å². The number of amides is 1. The van der Waals surface area contributed by atoms with Crippen molar-refractivity contribution < 1.29 is 4.79 Å². The topological polar surface area (TPSA) is 72.7 Å². The molecular weight excluding hydrogens is 218 g/mol. The van der Waals surface area contributed by atoms with Gasteiger partial charge in [-0.2, -0.15) is 0 Å². The molecule has 0 bridgehead atoms. The monoisotopic (exact) mass is 231 g/mol. The molecule has 2 aromatic rings. The Morgan fingerprint density at radius 3 is 2.88 bits per heavy atom. The number of carbonyl (C=O) groups is 1. The molecule has 0 fully saturated rings. The molecule has 1 N–H and O–H groups in total. The summed E-state index contributed by atoms with van der Waals surface area (Å²) in [4.78, 5) is 15.6. The molecule has 0 unspecified atom stereocenters. The van der Waals surface area contributed by atoms with Crippen LogP contribution in [-0.4, -0.2) is 25.9 Å². The Balaban J connectivity index is 2.20. The van der Waals surface area contributed by atoms with Gasteiger partial charge in [-0.25, -0.2) is 9.67 Å². The zero-order valence-corrected chi connectivity index (χ0v) is 9.66. The molecule has 0 aromatic carbocycles. The van der Waals surface area contributed by atoms with Gasteiger partial charge in [0.25, 0.3) is 0 Å². The van der Waals surface area contributed by atoms with E-state index in [4.69, 9.17) is 0 Å². The molecule has 17 heavy (non-hydrogen) atoms. The highest BCUT2D eigenvalue weighted by molar-refractivity contribution is 5.91. The Morgan fingerprint density at radius 2 is 2.24 bits per heavy atom. The minimum atomic E-state index is -0.0770. The van der Waals surface area contributed by atoms with E-state index in [1.54, 1.807) is 35.4 Å². The van der Waals surface area contributed by atoms with Crippen molar-refractivity contribution >= 4 is 11.7 Å². The maximum Gasteiger partial charge on any atom is 0.228 e. The molecule has 0 saturated carbocycles. The van der Waals surface area contributed by atoms with E-state index in [-0.39, 0.29) is 11.8 Å². The minimum absolute atomic E-state index is 0.0618. The van der Waals surface area contributed by atoms with Gasteiger partial charge in [0, 0.05) is 18.2 Å². The third-order valence-electron chi connectivity index (χ3n) is 2.21. The SMILES string of the molecule is CC(C)C(=O)Nc1cc(-n2ccnn2)ccn1. The number of anilines is 1. The lowest BCUT2D eigenvalue weighted by molar-refractivity contribution is -0.118. The van der Waals surface area contributed by atoms with Crippen molar-refractivity contribution in [3.8, 4) is 5.69 Å². The molecule has 2 heterocycles. The number of nitrogens with one attached hydrogen (secondary N) is 1. The largest absolute Gasteiger partial charge is 0.310 e. The molecule has 88 valence electrons. The Kier molecular flexibility index (Phi) is 3.13. The molecule has 2 aromatic heterocycles. The van der Waals surface area contributed by atoms with E-state index in [9.17, 15) is 4.79 Å². The Labute approximate surface area is 98.7 Å². The predicted molar refractivity (Wildman–Crippen MR) is 62.6 cm³/mol. The average Bonchev–Trinajstić information content (AvgIpc) is 2.82. The quantitative estimate of drug-likeness (QED) is 0.863. The maximum absolute atomic E-state index is 11.5. The maximum atomic E-state index is 11.5. The Bertz CT molecular complexity index is 506. The fourth-order valence-electron chi connectivity index (χ4n) is 1.25. The summed E-state index contributed by atoms with van der Waals surface area (Å²) in [7, 11) is 0. The molecule has 0 radical (unpaired) electrons. The van der Waals surface area contributed by atoms with E-state index >= 15 is 0 Å². The average molecular weight is 231 g/mol. The van der Waals surface area contributed by atoms with Gasteiger partial charge in [0.1, 0.15) is 5.82 Å². The molecular formula is C11H13N5O. The van der Waals surface area contributed by atoms with Gasteiger partial charge < -0.3 is 5.32 Å². The van der Waals surface area contributed by atoms with Gasteiger partial charge in [0.15, 0.2) is 0 Å². The highest BCUT2D eigenvalue weighted by Crippen LogP contribution is 2.11. The van der Waals surface area contributed by atoms with E-state index < -0.39 is 0 Å². The standard InChI is InChI=1S/C11H13N5O/c1-8(2)11(17)14-10-7-9(3-4-12-10)16-6-5-13-15-16/h3-8H,1-2H3,(H,12,14,17). The molecule has 2 rings (SSSR count). The minimum Gasteiger partial charge on any atom is -0.310 e. The molecule has 0 aliphatic rings. The van der Waals surface area contributed by atoms with Crippen molar-refractivity contribution in [2.24, 2.45) is 5.92 Å². The summed E-state index contributed by atoms with van der Waals surface area (Å²) in [6, 6.07) is 3.54. The molecule has 0 aliphatic carbocycles. The lowest BCUT2D eigenvalue weighted by Crippen LogP contribution is -2.18. The first-order chi connectivity index (χ1) is 8.16. The number of carbonyl (C=O) groups excluding carboxylic acids is 1. The first-order valence-corrected chi connectivity index (χ1v) is 5.30. The number of nitrogens with zero attached hydrogens (tertiary/aromatic N) is 4. The van der Waals surface area contributed by atoms with Crippen LogP contribution in [0.3, 0.4) is 0 Å². The van der Waals surface area contributed by atoms with E-state index in [0.29, 0.717) is 5.82 Å². The van der Waals surface area contributed by atoms with Gasteiger partial charge in [0.2, 0.25) is 5.91 Å². The number of pyridine rings is 1. The highest BCUT2D eigenvalue weighted by Gasteiger charge is 2.08. The first kappa shape index (κ1) is 11.3. The Morgan fingerprint density at radius 1 is 1.41 bits per heavy atom. The van der Waals surface area contributed by atoms with E-state index in [2.05, 4.69) is 20.6 Å². The van der Waals surface area contributed by atoms with E-state index in [1.807, 2.05) is 13.8 Å². The first-order valence-electron chi connectivity index (χ1n) is 5.30. The van der Waals surface area contributed by atoms with Crippen molar-refractivity contribution in [3.05, 3.63) is 30.7 Å². The summed E-state index contributed by atoms with van der Waals surface area (Å²) < 4.78 is 1.60. The van der Waals surface area contributed by atoms with Crippen molar-refractivity contribution in [3.63, 3.8) is 0 Å². The van der Waals surface area contributed by atoms with Crippen LogP contribution in [0.25, 0.3) is 5.69 Å². The number of hydrogen-bond donors (Lipinski definition) is 1. The third kappa shape index (κ3) is 2.66. The normalized spacial score (nSPS) is 10.5. The van der Waals surface area contributed by atoms with E-state index in [0.717, 1.165) is 5.69 Å². The van der Waals surface area contributed by atoms with Crippen LogP contribution in [-0.2, 0) is 4.79 Å². The molecule has 0 atom stereocenters. The van der Waals surface area contributed by atoms with Crippen LogP contribution in [0.5, 0.6) is 0 Å². The number of rotatable bonds is 3. The summed E-state index contributed by atoms with van der Waals surface area (Å²) >= 11 is 0. The molecule has 0 saturated heterocycles. The summed E-state index contributed by atoms with van der Waals surface area (Å²) in [5.74, 6) is 0.372. The molecule has 6 heteroatoms. The van der Waals surface area contributed by atoms with Crippen LogP contribution in [0, 0.1) is 5.92 Å². The van der Waals surface area contributed by atoms with Gasteiger partial charge in [-0.05, 0) is 6.07 Å².